The van der Waals surface area contributed by atoms with Crippen molar-refractivity contribution in [1.29, 1.82) is 0 Å². The molecule has 8 heteroatoms. The Labute approximate surface area is 160 Å². The first-order valence-electron chi connectivity index (χ1n) is 8.43. The molecule has 1 aromatic rings. The maximum atomic E-state index is 12.0. The first kappa shape index (κ1) is 19.3. The molecule has 8 nitrogen and oxygen atoms in total. The van der Waals surface area contributed by atoms with E-state index in [4.69, 9.17) is 18.9 Å². The van der Waals surface area contributed by atoms with E-state index in [1.54, 1.807) is 24.3 Å². The predicted octanol–water partition coefficient (Wildman–Crippen LogP) is 2.13. The normalized spacial score (nSPS) is 20.6. The van der Waals surface area contributed by atoms with Crippen LogP contribution in [0.25, 0.3) is 12.2 Å². The van der Waals surface area contributed by atoms with Gasteiger partial charge in [0, 0.05) is 27.7 Å². The summed E-state index contributed by atoms with van der Waals surface area (Å²) in [7, 11) is 0. The van der Waals surface area contributed by atoms with Crippen molar-refractivity contribution in [3.05, 3.63) is 46.5 Å². The molecule has 2 heterocycles. The van der Waals surface area contributed by atoms with Gasteiger partial charge in [0.15, 0.2) is 0 Å². The van der Waals surface area contributed by atoms with Crippen molar-refractivity contribution < 1.29 is 38.1 Å². The fraction of sp³-hybridized carbons (Fsp3) is 0.300. The molecule has 0 aromatic heterocycles. The number of hydrogen-bond donors (Lipinski definition) is 0. The molecule has 0 bridgehead atoms. The van der Waals surface area contributed by atoms with Crippen molar-refractivity contribution in [2.24, 2.45) is 0 Å². The lowest BCUT2D eigenvalue weighted by atomic mass is 10.0. The second-order valence-electron chi connectivity index (χ2n) is 7.14. The topological polar surface area (TPSA) is 105 Å². The van der Waals surface area contributed by atoms with Gasteiger partial charge in [-0.1, -0.05) is 18.2 Å². The van der Waals surface area contributed by atoms with Gasteiger partial charge in [-0.3, -0.25) is 0 Å². The minimum absolute atomic E-state index is 0.262. The molecule has 2 aliphatic rings. The average Bonchev–Trinajstić information content (AvgIpc) is 2.53. The molecule has 146 valence electrons. The van der Waals surface area contributed by atoms with Crippen molar-refractivity contribution in [1.82, 2.24) is 0 Å². The molecular formula is C20H18O8. The zero-order valence-corrected chi connectivity index (χ0v) is 15.7. The first-order chi connectivity index (χ1) is 13.0. The molecule has 28 heavy (non-hydrogen) atoms. The summed E-state index contributed by atoms with van der Waals surface area (Å²) in [5.41, 5.74) is 0.413. The van der Waals surface area contributed by atoms with Gasteiger partial charge >= 0.3 is 23.9 Å². The van der Waals surface area contributed by atoms with Crippen molar-refractivity contribution in [3.8, 4) is 0 Å². The molecule has 2 aliphatic heterocycles. The lowest BCUT2D eigenvalue weighted by Crippen LogP contribution is -2.41. The van der Waals surface area contributed by atoms with Gasteiger partial charge in [-0.2, -0.15) is 0 Å². The highest BCUT2D eigenvalue weighted by Gasteiger charge is 2.39. The Morgan fingerprint density at radius 3 is 1.29 bits per heavy atom. The molecule has 0 atom stereocenters. The van der Waals surface area contributed by atoms with Crippen molar-refractivity contribution >= 4 is 36.0 Å². The maximum Gasteiger partial charge on any atom is 0.348 e. The minimum Gasteiger partial charge on any atom is -0.419 e. The summed E-state index contributed by atoms with van der Waals surface area (Å²) in [4.78, 5) is 48.2. The Kier molecular flexibility index (Phi) is 4.58. The molecular weight excluding hydrogens is 368 g/mol. The maximum absolute atomic E-state index is 12.0. The van der Waals surface area contributed by atoms with Gasteiger partial charge in [-0.15, -0.1) is 0 Å². The minimum atomic E-state index is -1.33. The Morgan fingerprint density at radius 1 is 0.643 bits per heavy atom. The lowest BCUT2D eigenvalue weighted by molar-refractivity contribution is -0.224. The van der Waals surface area contributed by atoms with E-state index in [-0.39, 0.29) is 11.1 Å². The van der Waals surface area contributed by atoms with Crippen LogP contribution in [0.2, 0.25) is 0 Å². The molecule has 2 saturated heterocycles. The highest BCUT2D eigenvalue weighted by atomic mass is 16.7. The number of carbonyl (C=O) groups is 4. The largest absolute Gasteiger partial charge is 0.419 e. The summed E-state index contributed by atoms with van der Waals surface area (Å²) in [6.45, 7) is 5.82. The van der Waals surface area contributed by atoms with E-state index in [9.17, 15) is 19.2 Å². The second kappa shape index (κ2) is 6.63. The number of esters is 4. The predicted molar refractivity (Wildman–Crippen MR) is 94.9 cm³/mol. The monoisotopic (exact) mass is 386 g/mol. The Bertz CT molecular complexity index is 831. The molecule has 0 radical (unpaired) electrons. The summed E-state index contributed by atoms with van der Waals surface area (Å²) in [6.07, 6.45) is 2.62. The van der Waals surface area contributed by atoms with Crippen LogP contribution >= 0.6 is 0 Å². The zero-order valence-electron chi connectivity index (χ0n) is 15.7. The molecule has 0 saturated carbocycles. The molecule has 2 fully saturated rings. The van der Waals surface area contributed by atoms with Crippen molar-refractivity contribution in [2.75, 3.05) is 0 Å². The van der Waals surface area contributed by atoms with Crippen LogP contribution in [0.5, 0.6) is 0 Å². The third kappa shape index (κ3) is 4.11. The van der Waals surface area contributed by atoms with Crippen LogP contribution < -0.4 is 0 Å². The summed E-state index contributed by atoms with van der Waals surface area (Å²) in [5.74, 6) is -5.85. The summed E-state index contributed by atoms with van der Waals surface area (Å²) >= 11 is 0. The second-order valence-corrected chi connectivity index (χ2v) is 7.14. The van der Waals surface area contributed by atoms with Crippen LogP contribution in [0.1, 0.15) is 38.8 Å². The lowest BCUT2D eigenvalue weighted by Gasteiger charge is -2.29. The van der Waals surface area contributed by atoms with Crippen LogP contribution in [0.15, 0.2) is 35.4 Å². The first-order valence-corrected chi connectivity index (χ1v) is 8.43. The summed E-state index contributed by atoms with van der Waals surface area (Å²) in [5, 5.41) is 0. The van der Waals surface area contributed by atoms with Crippen LogP contribution in [-0.4, -0.2) is 35.5 Å². The van der Waals surface area contributed by atoms with Gasteiger partial charge in [-0.25, -0.2) is 19.2 Å². The van der Waals surface area contributed by atoms with E-state index in [0.717, 1.165) is 0 Å². The average molecular weight is 386 g/mol. The van der Waals surface area contributed by atoms with Gasteiger partial charge in [0.1, 0.15) is 11.1 Å². The quantitative estimate of drug-likeness (QED) is 0.432. The Balaban J connectivity index is 1.89. The standard InChI is InChI=1S/C20H18O8/c1-19(2)25-15(21)13(16(22)26-19)9-11-6-5-7-12(8-11)10-14-17(23)27-20(3,4)28-18(14)24/h5-10H,1-4H3. The molecule has 3 rings (SSSR count). The van der Waals surface area contributed by atoms with Gasteiger partial charge in [0.05, 0.1) is 0 Å². The number of rotatable bonds is 2. The van der Waals surface area contributed by atoms with E-state index in [0.29, 0.717) is 11.1 Å². The Hall–Kier alpha value is -3.42. The number of carbonyl (C=O) groups excluding carboxylic acids is 4. The van der Waals surface area contributed by atoms with E-state index >= 15 is 0 Å². The fourth-order valence-electron chi connectivity index (χ4n) is 2.63. The van der Waals surface area contributed by atoms with Crippen LogP contribution in [0.3, 0.4) is 0 Å². The van der Waals surface area contributed by atoms with Crippen LogP contribution in [-0.2, 0) is 38.1 Å². The van der Waals surface area contributed by atoms with Crippen LogP contribution in [0, 0.1) is 0 Å². The Morgan fingerprint density at radius 2 is 0.964 bits per heavy atom. The highest BCUT2D eigenvalue weighted by Crippen LogP contribution is 2.26. The van der Waals surface area contributed by atoms with Gasteiger partial charge in [0.25, 0.3) is 11.6 Å². The number of ether oxygens (including phenoxy) is 4. The van der Waals surface area contributed by atoms with E-state index in [1.165, 1.54) is 39.8 Å². The summed E-state index contributed by atoms with van der Waals surface area (Å²) < 4.78 is 20.2. The highest BCUT2D eigenvalue weighted by molar-refractivity contribution is 6.19. The molecule has 0 aliphatic carbocycles. The zero-order chi connectivity index (χ0) is 20.7. The molecule has 0 unspecified atom stereocenters. The fourth-order valence-corrected chi connectivity index (χ4v) is 2.63. The van der Waals surface area contributed by atoms with E-state index in [2.05, 4.69) is 0 Å². The smallest absolute Gasteiger partial charge is 0.348 e. The SMILES string of the molecule is CC1(C)OC(=O)C(=Cc2cccc(C=C3C(=O)OC(C)(C)OC3=O)c2)C(=O)O1. The molecule has 0 N–H and O–H groups in total. The van der Waals surface area contributed by atoms with E-state index in [1.807, 2.05) is 0 Å². The van der Waals surface area contributed by atoms with Crippen molar-refractivity contribution in [3.63, 3.8) is 0 Å². The van der Waals surface area contributed by atoms with Gasteiger partial charge in [-0.05, 0) is 29.3 Å². The number of cyclic esters (lactones) is 4. The third-order valence-corrected chi connectivity index (χ3v) is 3.77. The van der Waals surface area contributed by atoms with Gasteiger partial charge in [0.2, 0.25) is 0 Å². The van der Waals surface area contributed by atoms with Crippen LogP contribution in [0.4, 0.5) is 0 Å². The van der Waals surface area contributed by atoms with Gasteiger partial charge < -0.3 is 18.9 Å². The number of benzene rings is 1. The third-order valence-electron chi connectivity index (χ3n) is 3.77. The molecule has 1 aromatic carbocycles. The summed E-state index contributed by atoms with van der Waals surface area (Å²) in [6, 6.07) is 6.47. The van der Waals surface area contributed by atoms with Crippen molar-refractivity contribution in [2.45, 2.75) is 39.3 Å². The molecule has 0 spiro atoms. The molecule has 0 amide bonds. The van der Waals surface area contributed by atoms with E-state index < -0.39 is 35.5 Å². The number of hydrogen-bond acceptors (Lipinski definition) is 8.